The van der Waals surface area contributed by atoms with E-state index < -0.39 is 23.1 Å². The smallest absolute Gasteiger partial charge is 0.316 e. The Morgan fingerprint density at radius 2 is 1.67 bits per heavy atom. The van der Waals surface area contributed by atoms with Crippen molar-refractivity contribution in [2.24, 2.45) is 0 Å². The van der Waals surface area contributed by atoms with E-state index in [4.69, 9.17) is 4.74 Å². The standard InChI is InChI=1S/C14H13F2N3O2/c1-7-12(8(2)18-14(17-7)21-3)19-13(20)11-9(15)5-4-6-10(11)16/h4-6H,1-3H3,(H,19,20). The van der Waals surface area contributed by atoms with Crippen molar-refractivity contribution in [2.75, 3.05) is 12.4 Å². The summed E-state index contributed by atoms with van der Waals surface area (Å²) in [6.45, 7) is 3.26. The zero-order chi connectivity index (χ0) is 15.6. The quantitative estimate of drug-likeness (QED) is 0.945. The van der Waals surface area contributed by atoms with Crippen molar-refractivity contribution in [3.05, 3.63) is 46.8 Å². The molecule has 0 bridgehead atoms. The van der Waals surface area contributed by atoms with E-state index in [9.17, 15) is 13.6 Å². The van der Waals surface area contributed by atoms with Crippen LogP contribution in [0.4, 0.5) is 14.5 Å². The van der Waals surface area contributed by atoms with Gasteiger partial charge in [-0.1, -0.05) is 6.07 Å². The Morgan fingerprint density at radius 1 is 1.14 bits per heavy atom. The Hall–Kier alpha value is -2.57. The number of methoxy groups -OCH3 is 1. The first-order valence-corrected chi connectivity index (χ1v) is 6.08. The van der Waals surface area contributed by atoms with Gasteiger partial charge in [-0.3, -0.25) is 4.79 Å². The topological polar surface area (TPSA) is 64.1 Å². The molecule has 1 aromatic heterocycles. The summed E-state index contributed by atoms with van der Waals surface area (Å²) in [6, 6.07) is 3.37. The summed E-state index contributed by atoms with van der Waals surface area (Å²) < 4.78 is 32.0. The Balaban J connectivity index is 2.37. The lowest BCUT2D eigenvalue weighted by Crippen LogP contribution is -2.18. The van der Waals surface area contributed by atoms with Crippen molar-refractivity contribution in [3.8, 4) is 6.01 Å². The fourth-order valence-electron chi connectivity index (χ4n) is 1.85. The summed E-state index contributed by atoms with van der Waals surface area (Å²) in [5, 5.41) is 2.43. The number of carbonyl (C=O) groups excluding carboxylic acids is 1. The molecule has 0 fully saturated rings. The third-order valence-corrected chi connectivity index (χ3v) is 2.86. The zero-order valence-electron chi connectivity index (χ0n) is 11.7. The molecule has 1 heterocycles. The van der Waals surface area contributed by atoms with E-state index in [1.807, 2.05) is 0 Å². The lowest BCUT2D eigenvalue weighted by Gasteiger charge is -2.12. The normalized spacial score (nSPS) is 10.3. The van der Waals surface area contributed by atoms with E-state index >= 15 is 0 Å². The summed E-state index contributed by atoms with van der Waals surface area (Å²) in [4.78, 5) is 20.1. The predicted octanol–water partition coefficient (Wildman–Crippen LogP) is 2.63. The number of nitrogens with one attached hydrogen (secondary N) is 1. The maximum absolute atomic E-state index is 13.6. The van der Waals surface area contributed by atoms with Crippen molar-refractivity contribution in [3.63, 3.8) is 0 Å². The third-order valence-electron chi connectivity index (χ3n) is 2.86. The molecule has 0 saturated carbocycles. The second kappa shape index (κ2) is 5.82. The highest BCUT2D eigenvalue weighted by atomic mass is 19.1. The van der Waals surface area contributed by atoms with Gasteiger partial charge in [0.05, 0.1) is 24.2 Å². The number of carbonyl (C=O) groups is 1. The van der Waals surface area contributed by atoms with Gasteiger partial charge in [-0.25, -0.2) is 8.78 Å². The van der Waals surface area contributed by atoms with Crippen LogP contribution >= 0.6 is 0 Å². The minimum Gasteiger partial charge on any atom is -0.467 e. The van der Waals surface area contributed by atoms with Crippen molar-refractivity contribution >= 4 is 11.6 Å². The van der Waals surface area contributed by atoms with Crippen LogP contribution in [0.25, 0.3) is 0 Å². The summed E-state index contributed by atoms with van der Waals surface area (Å²) in [5.74, 6) is -2.76. The van der Waals surface area contributed by atoms with Crippen LogP contribution in [-0.4, -0.2) is 23.0 Å². The van der Waals surface area contributed by atoms with Crippen molar-refractivity contribution in [2.45, 2.75) is 13.8 Å². The number of halogens is 2. The summed E-state index contributed by atoms with van der Waals surface area (Å²) in [5.41, 5.74) is 0.518. The molecule has 21 heavy (non-hydrogen) atoms. The van der Waals surface area contributed by atoms with Gasteiger partial charge in [-0.15, -0.1) is 0 Å². The number of hydrogen-bond acceptors (Lipinski definition) is 4. The minimum absolute atomic E-state index is 0.153. The van der Waals surface area contributed by atoms with Crippen LogP contribution in [0.15, 0.2) is 18.2 Å². The van der Waals surface area contributed by atoms with Gasteiger partial charge in [0.25, 0.3) is 5.91 Å². The molecule has 0 aliphatic rings. The average molecular weight is 293 g/mol. The highest BCUT2D eigenvalue weighted by Gasteiger charge is 2.19. The largest absolute Gasteiger partial charge is 0.467 e. The van der Waals surface area contributed by atoms with Crippen LogP contribution in [0.5, 0.6) is 6.01 Å². The van der Waals surface area contributed by atoms with Crippen LogP contribution in [0.2, 0.25) is 0 Å². The molecule has 0 spiro atoms. The number of nitrogens with zero attached hydrogens (tertiary/aromatic N) is 2. The molecule has 2 rings (SSSR count). The van der Waals surface area contributed by atoms with Crippen molar-refractivity contribution < 1.29 is 18.3 Å². The number of benzene rings is 1. The third kappa shape index (κ3) is 2.96. The van der Waals surface area contributed by atoms with Crippen molar-refractivity contribution in [1.82, 2.24) is 9.97 Å². The Labute approximate surface area is 120 Å². The lowest BCUT2D eigenvalue weighted by molar-refractivity contribution is 0.101. The predicted molar refractivity (Wildman–Crippen MR) is 72.4 cm³/mol. The lowest BCUT2D eigenvalue weighted by atomic mass is 10.1. The minimum atomic E-state index is -0.933. The maximum atomic E-state index is 13.6. The van der Waals surface area contributed by atoms with E-state index in [0.717, 1.165) is 12.1 Å². The second-order valence-electron chi connectivity index (χ2n) is 4.31. The monoisotopic (exact) mass is 293 g/mol. The van der Waals surface area contributed by atoms with Gasteiger partial charge in [0.2, 0.25) is 0 Å². The van der Waals surface area contributed by atoms with E-state index in [1.165, 1.54) is 13.2 Å². The Bertz CT molecular complexity index is 661. The molecular formula is C14H13F2N3O2. The number of aromatic nitrogens is 2. The molecule has 0 radical (unpaired) electrons. The number of amides is 1. The van der Waals surface area contributed by atoms with Gasteiger partial charge in [0.15, 0.2) is 0 Å². The molecule has 1 N–H and O–H groups in total. The fourth-order valence-corrected chi connectivity index (χ4v) is 1.85. The molecule has 2 aromatic rings. The number of rotatable bonds is 3. The fraction of sp³-hybridized carbons (Fsp3) is 0.214. The zero-order valence-corrected chi connectivity index (χ0v) is 11.7. The van der Waals surface area contributed by atoms with E-state index in [1.54, 1.807) is 13.8 Å². The summed E-state index contributed by atoms with van der Waals surface area (Å²) in [7, 11) is 1.42. The molecule has 1 aromatic carbocycles. The summed E-state index contributed by atoms with van der Waals surface area (Å²) in [6.07, 6.45) is 0. The molecule has 7 heteroatoms. The molecule has 0 aliphatic heterocycles. The van der Waals surface area contributed by atoms with Crippen molar-refractivity contribution in [1.29, 1.82) is 0 Å². The molecular weight excluding hydrogens is 280 g/mol. The first kappa shape index (κ1) is 14.8. The summed E-state index contributed by atoms with van der Waals surface area (Å²) >= 11 is 0. The Morgan fingerprint density at radius 3 is 2.14 bits per heavy atom. The van der Waals surface area contributed by atoms with Gasteiger partial charge in [0.1, 0.15) is 17.2 Å². The van der Waals surface area contributed by atoms with Crippen LogP contribution in [0.3, 0.4) is 0 Å². The van der Waals surface area contributed by atoms with Gasteiger partial charge in [0, 0.05) is 0 Å². The number of aryl methyl sites for hydroxylation is 2. The van der Waals surface area contributed by atoms with Gasteiger partial charge in [-0.05, 0) is 26.0 Å². The SMILES string of the molecule is COc1nc(C)c(NC(=O)c2c(F)cccc2F)c(C)n1. The molecule has 0 atom stereocenters. The second-order valence-corrected chi connectivity index (χ2v) is 4.31. The number of anilines is 1. The van der Waals surface area contributed by atoms with Crippen LogP contribution < -0.4 is 10.1 Å². The maximum Gasteiger partial charge on any atom is 0.316 e. The van der Waals surface area contributed by atoms with E-state index in [2.05, 4.69) is 15.3 Å². The van der Waals surface area contributed by atoms with Crippen LogP contribution in [0.1, 0.15) is 21.7 Å². The van der Waals surface area contributed by atoms with Gasteiger partial charge < -0.3 is 10.1 Å². The van der Waals surface area contributed by atoms with E-state index in [0.29, 0.717) is 17.1 Å². The Kier molecular flexibility index (Phi) is 4.11. The molecule has 110 valence electrons. The number of ether oxygens (including phenoxy) is 1. The molecule has 0 aliphatic carbocycles. The van der Waals surface area contributed by atoms with Gasteiger partial charge >= 0.3 is 6.01 Å². The molecule has 0 saturated heterocycles. The van der Waals surface area contributed by atoms with Crippen LogP contribution in [0, 0.1) is 25.5 Å². The highest BCUT2D eigenvalue weighted by molar-refractivity contribution is 6.05. The van der Waals surface area contributed by atoms with Gasteiger partial charge in [-0.2, -0.15) is 9.97 Å². The first-order chi connectivity index (χ1) is 9.93. The molecule has 0 unspecified atom stereocenters. The molecule has 1 amide bonds. The number of hydrogen-bond donors (Lipinski definition) is 1. The van der Waals surface area contributed by atoms with Crippen LogP contribution in [-0.2, 0) is 0 Å². The highest BCUT2D eigenvalue weighted by Crippen LogP contribution is 2.21. The van der Waals surface area contributed by atoms with E-state index in [-0.39, 0.29) is 6.01 Å². The average Bonchev–Trinajstić information content (AvgIpc) is 2.42. The molecule has 5 nitrogen and oxygen atoms in total. The first-order valence-electron chi connectivity index (χ1n) is 6.08.